The third-order valence-corrected chi connectivity index (χ3v) is 11.6. The summed E-state index contributed by atoms with van der Waals surface area (Å²) >= 11 is 0. The summed E-state index contributed by atoms with van der Waals surface area (Å²) in [6, 6.07) is 24.4. The molecule has 3 aromatic rings. The van der Waals surface area contributed by atoms with Crippen molar-refractivity contribution in [3.63, 3.8) is 0 Å². The highest BCUT2D eigenvalue weighted by atomic mass is 28.4. The van der Waals surface area contributed by atoms with Crippen LogP contribution in [0.15, 0.2) is 91.0 Å². The van der Waals surface area contributed by atoms with Gasteiger partial charge in [-0.1, -0.05) is 99.6 Å². The molecular weight excluding hydrogens is 524 g/mol. The van der Waals surface area contributed by atoms with Gasteiger partial charge < -0.3 is 24.1 Å². The van der Waals surface area contributed by atoms with E-state index in [1.165, 1.54) is 6.08 Å². The molecule has 8 heteroatoms. The number of aliphatic hydroxyl groups is 1. The Labute approximate surface area is 237 Å². The first-order valence-electron chi connectivity index (χ1n) is 13.2. The van der Waals surface area contributed by atoms with Crippen LogP contribution in [0, 0.1) is 0 Å². The fourth-order valence-corrected chi connectivity index (χ4v) is 5.16. The summed E-state index contributed by atoms with van der Waals surface area (Å²) in [5.74, 6) is -1.41. The SMILES string of the molecule is CC(C)(C)[Si](C)(C)OC(COC(=O)C(O)(c1ccccc1)c1ccccc1)COc1ccccc1/C=C/C(=O)O. The lowest BCUT2D eigenvalue weighted by atomic mass is 9.86. The molecule has 0 radical (unpaired) electrons. The zero-order valence-corrected chi connectivity index (χ0v) is 24.7. The Bertz CT molecular complexity index is 1260. The molecule has 7 nitrogen and oxygen atoms in total. The minimum Gasteiger partial charge on any atom is -0.490 e. The van der Waals surface area contributed by atoms with Gasteiger partial charge in [0.25, 0.3) is 0 Å². The molecule has 3 rings (SSSR count). The van der Waals surface area contributed by atoms with E-state index in [4.69, 9.17) is 19.0 Å². The van der Waals surface area contributed by atoms with Crippen molar-refractivity contribution in [2.75, 3.05) is 13.2 Å². The van der Waals surface area contributed by atoms with E-state index >= 15 is 0 Å². The lowest BCUT2D eigenvalue weighted by molar-refractivity contribution is -0.165. The zero-order chi connectivity index (χ0) is 29.4. The van der Waals surface area contributed by atoms with E-state index in [0.29, 0.717) is 22.4 Å². The third kappa shape index (κ3) is 7.69. The Morgan fingerprint density at radius 3 is 1.90 bits per heavy atom. The molecule has 212 valence electrons. The predicted molar refractivity (Wildman–Crippen MR) is 158 cm³/mol. The average Bonchev–Trinajstić information content (AvgIpc) is 2.93. The van der Waals surface area contributed by atoms with Crippen molar-refractivity contribution in [1.29, 1.82) is 0 Å². The number of benzene rings is 3. The predicted octanol–water partition coefficient (Wildman–Crippen LogP) is 6.03. The molecule has 0 spiro atoms. The molecule has 0 saturated carbocycles. The second kappa shape index (κ2) is 13.1. The van der Waals surface area contributed by atoms with Crippen LogP contribution in [-0.2, 0) is 24.4 Å². The quantitative estimate of drug-likeness (QED) is 0.158. The summed E-state index contributed by atoms with van der Waals surface area (Å²) in [6.07, 6.45) is 1.86. The summed E-state index contributed by atoms with van der Waals surface area (Å²) in [5, 5.41) is 20.7. The molecule has 0 saturated heterocycles. The molecule has 2 N–H and O–H groups in total. The van der Waals surface area contributed by atoms with E-state index in [9.17, 15) is 14.7 Å². The number of esters is 1. The molecule has 0 aliphatic heterocycles. The Hall–Kier alpha value is -3.72. The highest BCUT2D eigenvalue weighted by Gasteiger charge is 2.43. The number of rotatable bonds is 12. The van der Waals surface area contributed by atoms with Crippen LogP contribution < -0.4 is 4.74 Å². The number of carbonyl (C=O) groups excluding carboxylic acids is 1. The number of carboxylic acids is 1. The molecule has 0 aliphatic rings. The number of carbonyl (C=O) groups is 2. The van der Waals surface area contributed by atoms with E-state index in [2.05, 4.69) is 33.9 Å². The highest BCUT2D eigenvalue weighted by Crippen LogP contribution is 2.38. The van der Waals surface area contributed by atoms with Gasteiger partial charge in [0.15, 0.2) is 8.32 Å². The van der Waals surface area contributed by atoms with Gasteiger partial charge in [0.05, 0.1) is 0 Å². The summed E-state index contributed by atoms with van der Waals surface area (Å²) in [7, 11) is -2.32. The van der Waals surface area contributed by atoms with Crippen LogP contribution in [0.1, 0.15) is 37.5 Å². The first-order chi connectivity index (χ1) is 18.8. The second-order valence-corrected chi connectivity index (χ2v) is 15.8. The maximum absolute atomic E-state index is 13.6. The van der Waals surface area contributed by atoms with Crippen LogP contribution in [0.5, 0.6) is 5.75 Å². The number of ether oxygens (including phenoxy) is 2. The van der Waals surface area contributed by atoms with Gasteiger partial charge in [0.1, 0.15) is 25.1 Å². The number of para-hydroxylation sites is 1. The molecule has 1 unspecified atom stereocenters. The zero-order valence-electron chi connectivity index (χ0n) is 23.7. The molecule has 3 aromatic carbocycles. The molecule has 0 aliphatic carbocycles. The van der Waals surface area contributed by atoms with Crippen molar-refractivity contribution < 1.29 is 33.7 Å². The minimum atomic E-state index is -2.32. The summed E-state index contributed by atoms with van der Waals surface area (Å²) in [5.41, 5.74) is -0.638. The smallest absolute Gasteiger partial charge is 0.347 e. The largest absolute Gasteiger partial charge is 0.490 e. The average molecular weight is 563 g/mol. The molecule has 1 atom stereocenters. The van der Waals surface area contributed by atoms with Gasteiger partial charge in [-0.3, -0.25) is 0 Å². The van der Waals surface area contributed by atoms with Crippen LogP contribution in [0.2, 0.25) is 18.1 Å². The van der Waals surface area contributed by atoms with E-state index in [-0.39, 0.29) is 18.3 Å². The van der Waals surface area contributed by atoms with Gasteiger partial charge in [-0.15, -0.1) is 0 Å². The fraction of sp³-hybridized carbons (Fsp3) is 0.312. The van der Waals surface area contributed by atoms with Crippen molar-refractivity contribution in [3.05, 3.63) is 108 Å². The van der Waals surface area contributed by atoms with Crippen molar-refractivity contribution in [3.8, 4) is 5.75 Å². The van der Waals surface area contributed by atoms with Crippen molar-refractivity contribution in [2.45, 2.75) is 50.6 Å². The van der Waals surface area contributed by atoms with Gasteiger partial charge in [-0.25, -0.2) is 9.59 Å². The Balaban J connectivity index is 1.86. The van der Waals surface area contributed by atoms with Gasteiger partial charge >= 0.3 is 11.9 Å². The van der Waals surface area contributed by atoms with Gasteiger partial charge in [-0.05, 0) is 41.4 Å². The van der Waals surface area contributed by atoms with Crippen LogP contribution in [0.25, 0.3) is 6.08 Å². The second-order valence-electron chi connectivity index (χ2n) is 11.1. The van der Waals surface area contributed by atoms with Gasteiger partial charge in [0, 0.05) is 11.6 Å². The molecule has 0 fully saturated rings. The number of aliphatic carboxylic acids is 1. The topological polar surface area (TPSA) is 102 Å². The van der Waals surface area contributed by atoms with E-state index < -0.39 is 32.0 Å². The summed E-state index contributed by atoms with van der Waals surface area (Å²) in [6.45, 7) is 10.4. The molecule has 0 aromatic heterocycles. The lowest BCUT2D eigenvalue weighted by Crippen LogP contribution is -2.47. The number of carboxylic acid groups (broad SMARTS) is 1. The van der Waals surface area contributed by atoms with Crippen LogP contribution in [0.3, 0.4) is 0 Å². The van der Waals surface area contributed by atoms with E-state index in [1.807, 2.05) is 12.1 Å². The highest BCUT2D eigenvalue weighted by molar-refractivity contribution is 6.74. The van der Waals surface area contributed by atoms with Crippen LogP contribution in [0.4, 0.5) is 0 Å². The number of hydrogen-bond acceptors (Lipinski definition) is 6. The number of hydrogen-bond donors (Lipinski definition) is 2. The normalized spacial score (nSPS) is 13.2. The third-order valence-electron chi connectivity index (χ3n) is 7.10. The van der Waals surface area contributed by atoms with Crippen LogP contribution >= 0.6 is 0 Å². The molecular formula is C32H38O7Si. The maximum atomic E-state index is 13.6. The van der Waals surface area contributed by atoms with E-state index in [1.54, 1.807) is 72.8 Å². The molecule has 0 heterocycles. The Kier molecular flexibility index (Phi) is 10.1. The van der Waals surface area contributed by atoms with Crippen molar-refractivity contribution >= 4 is 26.3 Å². The maximum Gasteiger partial charge on any atom is 0.347 e. The van der Waals surface area contributed by atoms with Gasteiger partial charge in [0.2, 0.25) is 5.60 Å². The fourth-order valence-electron chi connectivity index (χ4n) is 3.84. The van der Waals surface area contributed by atoms with Crippen molar-refractivity contribution in [2.24, 2.45) is 0 Å². The standard InChI is InChI=1S/C32H38O7Si/c1-31(2,3)40(4,5)39-27(22-37-28-19-13-12-14-24(28)20-21-29(33)34)23-38-30(35)32(36,25-15-8-6-9-16-25)26-17-10-7-11-18-26/h6-21,27,36H,22-23H2,1-5H3,(H,33,34)/b21-20+. The van der Waals surface area contributed by atoms with Crippen molar-refractivity contribution in [1.82, 2.24) is 0 Å². The molecule has 40 heavy (non-hydrogen) atoms. The first kappa shape index (κ1) is 30.8. The lowest BCUT2D eigenvalue weighted by Gasteiger charge is -2.39. The summed E-state index contributed by atoms with van der Waals surface area (Å²) in [4.78, 5) is 24.6. The molecule has 0 amide bonds. The minimum absolute atomic E-state index is 0.0484. The Morgan fingerprint density at radius 2 is 1.38 bits per heavy atom. The first-order valence-corrected chi connectivity index (χ1v) is 16.1. The van der Waals surface area contributed by atoms with E-state index in [0.717, 1.165) is 6.08 Å². The Morgan fingerprint density at radius 1 is 0.850 bits per heavy atom. The molecule has 0 bridgehead atoms. The monoisotopic (exact) mass is 562 g/mol. The van der Waals surface area contributed by atoms with Crippen LogP contribution in [-0.4, -0.2) is 49.8 Å². The van der Waals surface area contributed by atoms with Gasteiger partial charge in [-0.2, -0.15) is 0 Å². The summed E-state index contributed by atoms with van der Waals surface area (Å²) < 4.78 is 18.4.